The Morgan fingerprint density at radius 2 is 1.89 bits per heavy atom. The fourth-order valence-electron chi connectivity index (χ4n) is 3.31. The minimum Gasteiger partial charge on any atom is -0.311 e. The summed E-state index contributed by atoms with van der Waals surface area (Å²) < 4.78 is 1.16. The molecule has 4 atom stereocenters. The molecular formula is C17H26BrN. The molecule has 2 rings (SSSR count). The molecule has 0 radical (unpaired) electrons. The fourth-order valence-corrected chi connectivity index (χ4v) is 3.58. The third-order valence-corrected chi connectivity index (χ3v) is 4.91. The lowest BCUT2D eigenvalue weighted by molar-refractivity contribution is 0.215. The summed E-state index contributed by atoms with van der Waals surface area (Å²) in [5, 5.41) is 3.84. The van der Waals surface area contributed by atoms with Crippen LogP contribution < -0.4 is 5.32 Å². The van der Waals surface area contributed by atoms with Gasteiger partial charge in [-0.05, 0) is 62.1 Å². The van der Waals surface area contributed by atoms with Gasteiger partial charge in [0.05, 0.1) is 0 Å². The van der Waals surface area contributed by atoms with Crippen LogP contribution in [0, 0.1) is 11.8 Å². The second kappa shape index (κ2) is 6.90. The molecule has 1 fully saturated rings. The van der Waals surface area contributed by atoms with Crippen LogP contribution in [-0.4, -0.2) is 12.1 Å². The Balaban J connectivity index is 1.83. The van der Waals surface area contributed by atoms with Crippen LogP contribution in [-0.2, 0) is 6.42 Å². The molecular weight excluding hydrogens is 298 g/mol. The molecule has 0 saturated heterocycles. The van der Waals surface area contributed by atoms with Crippen LogP contribution in [0.1, 0.15) is 45.6 Å². The summed E-state index contributed by atoms with van der Waals surface area (Å²) in [6.45, 7) is 7.10. The quantitative estimate of drug-likeness (QED) is 0.839. The number of hydrogen-bond acceptors (Lipinski definition) is 1. The average molecular weight is 324 g/mol. The molecule has 1 saturated carbocycles. The van der Waals surface area contributed by atoms with Crippen molar-refractivity contribution in [2.24, 2.45) is 11.8 Å². The lowest BCUT2D eigenvalue weighted by atomic mass is 9.79. The maximum atomic E-state index is 3.84. The maximum absolute atomic E-state index is 3.84. The van der Waals surface area contributed by atoms with Gasteiger partial charge in [0.25, 0.3) is 0 Å². The van der Waals surface area contributed by atoms with E-state index >= 15 is 0 Å². The van der Waals surface area contributed by atoms with Gasteiger partial charge in [0.15, 0.2) is 0 Å². The summed E-state index contributed by atoms with van der Waals surface area (Å²) in [6.07, 6.45) is 5.22. The van der Waals surface area contributed by atoms with E-state index < -0.39 is 0 Å². The second-order valence-corrected chi connectivity index (χ2v) is 7.32. The van der Waals surface area contributed by atoms with Crippen LogP contribution in [0.25, 0.3) is 0 Å². The monoisotopic (exact) mass is 323 g/mol. The highest BCUT2D eigenvalue weighted by atomic mass is 79.9. The van der Waals surface area contributed by atoms with Crippen LogP contribution >= 0.6 is 15.9 Å². The van der Waals surface area contributed by atoms with Gasteiger partial charge in [-0.3, -0.25) is 0 Å². The molecule has 106 valence electrons. The number of benzene rings is 1. The summed E-state index contributed by atoms with van der Waals surface area (Å²) in [6, 6.07) is 9.96. The summed E-state index contributed by atoms with van der Waals surface area (Å²) in [4.78, 5) is 0. The van der Waals surface area contributed by atoms with Gasteiger partial charge in [-0.25, -0.2) is 0 Å². The zero-order valence-corrected chi connectivity index (χ0v) is 13.9. The first-order chi connectivity index (χ1) is 9.04. The smallest absolute Gasteiger partial charge is 0.0175 e. The molecule has 1 aromatic rings. The Hall–Kier alpha value is -0.340. The fraction of sp³-hybridized carbons (Fsp3) is 0.647. The first kappa shape index (κ1) is 15.1. The van der Waals surface area contributed by atoms with Crippen LogP contribution in [0.3, 0.4) is 0 Å². The normalized spacial score (nSPS) is 29.2. The Labute approximate surface area is 126 Å². The minimum absolute atomic E-state index is 0.557. The van der Waals surface area contributed by atoms with Crippen molar-refractivity contribution in [2.45, 2.75) is 58.5 Å². The van der Waals surface area contributed by atoms with Gasteiger partial charge >= 0.3 is 0 Å². The van der Waals surface area contributed by atoms with Gasteiger partial charge in [0, 0.05) is 16.6 Å². The molecule has 0 bridgehead atoms. The molecule has 1 N–H and O–H groups in total. The summed E-state index contributed by atoms with van der Waals surface area (Å²) in [7, 11) is 0. The number of nitrogens with one attached hydrogen (secondary N) is 1. The SMILES string of the molecule is CC1CCC(NC(C)Cc2ccc(Br)cc2)C(C)C1. The van der Waals surface area contributed by atoms with Crippen molar-refractivity contribution >= 4 is 15.9 Å². The number of hydrogen-bond donors (Lipinski definition) is 1. The highest BCUT2D eigenvalue weighted by Gasteiger charge is 2.25. The molecule has 0 aromatic heterocycles. The van der Waals surface area contributed by atoms with E-state index in [1.54, 1.807) is 0 Å². The molecule has 4 unspecified atom stereocenters. The van der Waals surface area contributed by atoms with E-state index in [9.17, 15) is 0 Å². The van der Waals surface area contributed by atoms with Crippen molar-refractivity contribution in [3.63, 3.8) is 0 Å². The minimum atomic E-state index is 0.557. The van der Waals surface area contributed by atoms with Crippen LogP contribution in [0.2, 0.25) is 0 Å². The van der Waals surface area contributed by atoms with E-state index in [0.717, 1.165) is 22.7 Å². The van der Waals surface area contributed by atoms with Crippen molar-refractivity contribution in [1.29, 1.82) is 0 Å². The lowest BCUT2D eigenvalue weighted by Crippen LogP contribution is -2.44. The van der Waals surface area contributed by atoms with E-state index in [4.69, 9.17) is 0 Å². The molecule has 0 heterocycles. The van der Waals surface area contributed by atoms with Gasteiger partial charge in [-0.1, -0.05) is 41.9 Å². The molecule has 1 nitrogen and oxygen atoms in total. The Morgan fingerprint density at radius 3 is 2.53 bits per heavy atom. The summed E-state index contributed by atoms with van der Waals surface area (Å²) in [5.74, 6) is 1.73. The Bertz CT molecular complexity index is 387. The van der Waals surface area contributed by atoms with E-state index in [1.165, 1.54) is 24.8 Å². The zero-order valence-electron chi connectivity index (χ0n) is 12.3. The van der Waals surface area contributed by atoms with Crippen molar-refractivity contribution in [1.82, 2.24) is 5.32 Å². The van der Waals surface area contributed by atoms with Gasteiger partial charge in [0.2, 0.25) is 0 Å². The molecule has 0 aliphatic heterocycles. The van der Waals surface area contributed by atoms with Crippen LogP contribution in [0.15, 0.2) is 28.7 Å². The average Bonchev–Trinajstić information content (AvgIpc) is 2.36. The van der Waals surface area contributed by atoms with Crippen molar-refractivity contribution in [2.75, 3.05) is 0 Å². The van der Waals surface area contributed by atoms with E-state index in [1.807, 2.05) is 0 Å². The zero-order chi connectivity index (χ0) is 13.8. The van der Waals surface area contributed by atoms with E-state index in [0.29, 0.717) is 12.1 Å². The third-order valence-electron chi connectivity index (χ3n) is 4.39. The molecule has 19 heavy (non-hydrogen) atoms. The van der Waals surface area contributed by atoms with Gasteiger partial charge < -0.3 is 5.32 Å². The molecule has 0 amide bonds. The summed E-state index contributed by atoms with van der Waals surface area (Å²) in [5.41, 5.74) is 1.42. The first-order valence-electron chi connectivity index (χ1n) is 7.55. The Kier molecular flexibility index (Phi) is 5.47. The largest absolute Gasteiger partial charge is 0.311 e. The van der Waals surface area contributed by atoms with Crippen molar-refractivity contribution in [3.8, 4) is 0 Å². The van der Waals surface area contributed by atoms with Crippen molar-refractivity contribution in [3.05, 3.63) is 34.3 Å². The van der Waals surface area contributed by atoms with Crippen LogP contribution in [0.4, 0.5) is 0 Å². The van der Waals surface area contributed by atoms with Gasteiger partial charge in [-0.15, -0.1) is 0 Å². The van der Waals surface area contributed by atoms with Crippen LogP contribution in [0.5, 0.6) is 0 Å². The molecule has 0 spiro atoms. The second-order valence-electron chi connectivity index (χ2n) is 6.40. The molecule has 1 aliphatic carbocycles. The number of rotatable bonds is 4. The highest BCUT2D eigenvalue weighted by Crippen LogP contribution is 2.29. The highest BCUT2D eigenvalue weighted by molar-refractivity contribution is 9.10. The Morgan fingerprint density at radius 1 is 1.21 bits per heavy atom. The third kappa shape index (κ3) is 4.61. The lowest BCUT2D eigenvalue weighted by Gasteiger charge is -2.35. The standard InChI is InChI=1S/C17H26BrN/c1-12-4-9-17(13(2)10-12)19-14(3)11-15-5-7-16(18)8-6-15/h5-8,12-14,17,19H,4,9-11H2,1-3H3. The van der Waals surface area contributed by atoms with Crippen molar-refractivity contribution < 1.29 is 0 Å². The first-order valence-corrected chi connectivity index (χ1v) is 8.34. The predicted octanol–water partition coefficient (Wildman–Crippen LogP) is 4.79. The molecule has 1 aromatic carbocycles. The topological polar surface area (TPSA) is 12.0 Å². The predicted molar refractivity (Wildman–Crippen MR) is 86.4 cm³/mol. The van der Waals surface area contributed by atoms with E-state index in [-0.39, 0.29) is 0 Å². The maximum Gasteiger partial charge on any atom is 0.0175 e. The summed E-state index contributed by atoms with van der Waals surface area (Å²) >= 11 is 3.49. The number of halogens is 1. The molecule has 1 aliphatic rings. The molecule has 2 heteroatoms. The van der Waals surface area contributed by atoms with E-state index in [2.05, 4.69) is 66.3 Å². The van der Waals surface area contributed by atoms with Gasteiger partial charge in [0.1, 0.15) is 0 Å². The van der Waals surface area contributed by atoms with Gasteiger partial charge in [-0.2, -0.15) is 0 Å².